The number of allylic oxidation sites excluding steroid dienone is 4. The molecule has 0 unspecified atom stereocenters. The van der Waals surface area contributed by atoms with Gasteiger partial charge in [-0.05, 0) is 12.5 Å². The van der Waals surface area contributed by atoms with Gasteiger partial charge >= 0.3 is 0 Å². The van der Waals surface area contributed by atoms with E-state index in [4.69, 9.17) is 0 Å². The summed E-state index contributed by atoms with van der Waals surface area (Å²) >= 11 is 0. The van der Waals surface area contributed by atoms with Gasteiger partial charge in [-0.3, -0.25) is 0 Å². The van der Waals surface area contributed by atoms with Crippen LogP contribution in [0.1, 0.15) is 6.42 Å². The molecule has 52 valence electrons. The second-order valence-corrected chi connectivity index (χ2v) is 2.12. The van der Waals surface area contributed by atoms with Crippen molar-refractivity contribution < 1.29 is 0 Å². The minimum absolute atomic E-state index is 0.894. The lowest BCUT2D eigenvalue weighted by atomic mass is 10.1. The Hall–Kier alpha value is -1.18. The van der Waals surface area contributed by atoms with E-state index in [2.05, 4.69) is 16.8 Å². The molecule has 0 saturated heterocycles. The first-order chi connectivity index (χ1) is 4.83. The first kappa shape index (κ1) is 6.93. The molecule has 1 aliphatic carbocycles. The topological polar surface area (TPSA) is 24.7 Å². The first-order valence-corrected chi connectivity index (χ1v) is 3.19. The molecule has 0 aromatic carbocycles. The van der Waals surface area contributed by atoms with E-state index < -0.39 is 0 Å². The van der Waals surface area contributed by atoms with Gasteiger partial charge in [-0.1, -0.05) is 24.3 Å². The summed E-state index contributed by atoms with van der Waals surface area (Å²) in [6.45, 7) is 3.81. The molecular formula is C8H10N2. The smallest absolute Gasteiger partial charge is 0.0816 e. The van der Waals surface area contributed by atoms with Gasteiger partial charge in [0.15, 0.2) is 0 Å². The fraction of sp³-hybridized carbons (Fsp3) is 0.250. The summed E-state index contributed by atoms with van der Waals surface area (Å²) in [6.07, 6.45) is 6.78. The summed E-state index contributed by atoms with van der Waals surface area (Å²) in [5.41, 5.74) is 2.05. The van der Waals surface area contributed by atoms with Gasteiger partial charge in [0.05, 0.1) is 5.70 Å². The van der Waals surface area contributed by atoms with Crippen molar-refractivity contribution in [3.63, 3.8) is 0 Å². The standard InChI is InChI=1S/C8H10N2/c1-7-3-5-8(6-4-7)10-9-2/h3,5-6H,1,4H2,2H3. The normalized spacial score (nSPS) is 18.1. The van der Waals surface area contributed by atoms with Crippen LogP contribution < -0.4 is 0 Å². The predicted octanol–water partition coefficient (Wildman–Crippen LogP) is 2.47. The minimum atomic E-state index is 0.894. The molecule has 0 aromatic rings. The van der Waals surface area contributed by atoms with Crippen LogP contribution in [-0.2, 0) is 0 Å². The third kappa shape index (κ3) is 1.65. The molecule has 0 aliphatic heterocycles. The molecular weight excluding hydrogens is 124 g/mol. The Labute approximate surface area is 60.7 Å². The van der Waals surface area contributed by atoms with E-state index in [1.807, 2.05) is 18.2 Å². The lowest BCUT2D eigenvalue weighted by Crippen LogP contribution is -1.82. The van der Waals surface area contributed by atoms with Crippen LogP contribution in [0.3, 0.4) is 0 Å². The van der Waals surface area contributed by atoms with E-state index in [1.54, 1.807) is 7.05 Å². The van der Waals surface area contributed by atoms with Gasteiger partial charge in [0.1, 0.15) is 0 Å². The quantitative estimate of drug-likeness (QED) is 0.492. The summed E-state index contributed by atoms with van der Waals surface area (Å²) in [5, 5.41) is 7.54. The fourth-order valence-corrected chi connectivity index (χ4v) is 0.765. The van der Waals surface area contributed by atoms with Gasteiger partial charge in [-0.25, -0.2) is 0 Å². The van der Waals surface area contributed by atoms with Crippen LogP contribution in [0, 0.1) is 0 Å². The molecule has 0 radical (unpaired) electrons. The van der Waals surface area contributed by atoms with Crippen LogP contribution in [0.5, 0.6) is 0 Å². The number of rotatable bonds is 1. The number of nitrogens with zero attached hydrogens (tertiary/aromatic N) is 2. The van der Waals surface area contributed by atoms with E-state index in [0.29, 0.717) is 0 Å². The zero-order chi connectivity index (χ0) is 7.40. The first-order valence-electron chi connectivity index (χ1n) is 3.19. The molecule has 1 aliphatic rings. The largest absolute Gasteiger partial charge is 0.192 e. The van der Waals surface area contributed by atoms with E-state index >= 15 is 0 Å². The third-order valence-electron chi connectivity index (χ3n) is 1.28. The van der Waals surface area contributed by atoms with Crippen molar-refractivity contribution in [2.45, 2.75) is 6.42 Å². The fourth-order valence-electron chi connectivity index (χ4n) is 0.765. The predicted molar refractivity (Wildman–Crippen MR) is 41.8 cm³/mol. The molecule has 2 heteroatoms. The van der Waals surface area contributed by atoms with Gasteiger partial charge in [0.25, 0.3) is 0 Å². The van der Waals surface area contributed by atoms with Crippen molar-refractivity contribution in [3.05, 3.63) is 36.1 Å². The van der Waals surface area contributed by atoms with Gasteiger partial charge in [-0.2, -0.15) is 10.2 Å². The van der Waals surface area contributed by atoms with Crippen molar-refractivity contribution in [2.24, 2.45) is 10.2 Å². The summed E-state index contributed by atoms with van der Waals surface area (Å²) in [5.74, 6) is 0. The van der Waals surface area contributed by atoms with Crippen molar-refractivity contribution in [1.82, 2.24) is 0 Å². The highest BCUT2D eigenvalue weighted by Crippen LogP contribution is 2.14. The molecule has 0 N–H and O–H groups in total. The Balaban J connectivity index is 2.67. The monoisotopic (exact) mass is 134 g/mol. The molecule has 1 rings (SSSR count). The molecule has 0 heterocycles. The average Bonchev–Trinajstić information content (AvgIpc) is 1.95. The van der Waals surface area contributed by atoms with Crippen LogP contribution >= 0.6 is 0 Å². The Morgan fingerprint density at radius 2 is 2.30 bits per heavy atom. The summed E-state index contributed by atoms with van der Waals surface area (Å²) in [6, 6.07) is 0. The van der Waals surface area contributed by atoms with Crippen molar-refractivity contribution >= 4 is 0 Å². The Bertz CT molecular complexity index is 221. The maximum Gasteiger partial charge on any atom is 0.0816 e. The van der Waals surface area contributed by atoms with Gasteiger partial charge in [0, 0.05) is 7.05 Å². The van der Waals surface area contributed by atoms with Crippen LogP contribution in [0.15, 0.2) is 46.3 Å². The second-order valence-electron chi connectivity index (χ2n) is 2.12. The van der Waals surface area contributed by atoms with E-state index in [0.717, 1.165) is 17.7 Å². The lowest BCUT2D eigenvalue weighted by Gasteiger charge is -2.00. The molecule has 0 bridgehead atoms. The maximum absolute atomic E-state index is 3.88. The van der Waals surface area contributed by atoms with Crippen molar-refractivity contribution in [1.29, 1.82) is 0 Å². The minimum Gasteiger partial charge on any atom is -0.192 e. The van der Waals surface area contributed by atoms with Crippen LogP contribution in [0.2, 0.25) is 0 Å². The van der Waals surface area contributed by atoms with Gasteiger partial charge < -0.3 is 0 Å². The Morgan fingerprint density at radius 3 is 2.80 bits per heavy atom. The highest BCUT2D eigenvalue weighted by atomic mass is 15.1. The Kier molecular flexibility index (Phi) is 2.15. The number of azo groups is 1. The molecule has 0 amide bonds. The highest BCUT2D eigenvalue weighted by Gasteiger charge is 1.95. The van der Waals surface area contributed by atoms with Crippen LogP contribution in [0.4, 0.5) is 0 Å². The molecule has 0 fully saturated rings. The summed E-state index contributed by atoms with van der Waals surface area (Å²) in [4.78, 5) is 0. The van der Waals surface area contributed by atoms with Gasteiger partial charge in [-0.15, -0.1) is 0 Å². The Morgan fingerprint density at radius 1 is 1.50 bits per heavy atom. The zero-order valence-electron chi connectivity index (χ0n) is 6.04. The molecule has 0 spiro atoms. The zero-order valence-corrected chi connectivity index (χ0v) is 6.04. The summed E-state index contributed by atoms with van der Waals surface area (Å²) < 4.78 is 0. The van der Waals surface area contributed by atoms with Crippen molar-refractivity contribution in [2.75, 3.05) is 7.05 Å². The highest BCUT2D eigenvalue weighted by molar-refractivity contribution is 5.32. The average molecular weight is 134 g/mol. The molecule has 0 aromatic heterocycles. The third-order valence-corrected chi connectivity index (χ3v) is 1.28. The molecule has 0 saturated carbocycles. The molecule has 10 heavy (non-hydrogen) atoms. The maximum atomic E-state index is 3.88. The van der Waals surface area contributed by atoms with Gasteiger partial charge in [0.2, 0.25) is 0 Å². The van der Waals surface area contributed by atoms with E-state index in [-0.39, 0.29) is 0 Å². The number of hydrogen-bond acceptors (Lipinski definition) is 2. The SMILES string of the molecule is C=C1C=CC(N=NC)=CC1. The van der Waals surface area contributed by atoms with Crippen LogP contribution in [-0.4, -0.2) is 7.05 Å². The number of hydrogen-bond donors (Lipinski definition) is 0. The van der Waals surface area contributed by atoms with Crippen LogP contribution in [0.25, 0.3) is 0 Å². The molecule has 2 nitrogen and oxygen atoms in total. The molecule has 0 atom stereocenters. The second kappa shape index (κ2) is 3.11. The van der Waals surface area contributed by atoms with E-state index in [9.17, 15) is 0 Å². The summed E-state index contributed by atoms with van der Waals surface area (Å²) in [7, 11) is 1.66. The lowest BCUT2D eigenvalue weighted by molar-refractivity contribution is 1.08. The van der Waals surface area contributed by atoms with Crippen molar-refractivity contribution in [3.8, 4) is 0 Å². The van der Waals surface area contributed by atoms with E-state index in [1.165, 1.54) is 0 Å².